The first kappa shape index (κ1) is 17.3. The van der Waals surface area contributed by atoms with Crippen molar-refractivity contribution in [3.8, 4) is 40.0 Å². The normalized spacial score (nSPS) is 10.2. The number of nitrogens with zero attached hydrogens (tertiary/aromatic N) is 1. The van der Waals surface area contributed by atoms with Crippen LogP contribution in [0.1, 0.15) is 11.1 Å². The van der Waals surface area contributed by atoms with E-state index in [9.17, 15) is 5.26 Å². The van der Waals surface area contributed by atoms with Crippen molar-refractivity contribution in [2.45, 2.75) is 6.92 Å². The maximum absolute atomic E-state index is 9.58. The molecule has 130 valence electrons. The van der Waals surface area contributed by atoms with E-state index in [2.05, 4.69) is 11.1 Å². The van der Waals surface area contributed by atoms with E-state index in [1.807, 2.05) is 55.5 Å². The highest BCUT2D eigenvalue weighted by molar-refractivity contribution is 5.79. The number of H-pyrrole nitrogens is 1. The number of nitrogens with one attached hydrogen (secondary N) is 1. The summed E-state index contributed by atoms with van der Waals surface area (Å²) in [5, 5.41) is 9.58. The lowest BCUT2D eigenvalue weighted by molar-refractivity contribution is -0.347. The van der Waals surface area contributed by atoms with Crippen LogP contribution < -0.4 is 20.2 Å². The Labute approximate surface area is 152 Å². The van der Waals surface area contributed by atoms with Crippen LogP contribution in [-0.2, 0) is 0 Å². The van der Waals surface area contributed by atoms with E-state index in [0.717, 1.165) is 27.9 Å². The van der Waals surface area contributed by atoms with E-state index in [0.29, 0.717) is 22.9 Å². The molecule has 0 saturated heterocycles. The number of aromatic nitrogens is 1. The maximum Gasteiger partial charge on any atom is 0.289 e. The molecule has 0 aliphatic rings. The smallest absolute Gasteiger partial charge is 0.289 e. The van der Waals surface area contributed by atoms with Crippen molar-refractivity contribution >= 4 is 5.82 Å². The van der Waals surface area contributed by atoms with Crippen molar-refractivity contribution in [3.63, 3.8) is 0 Å². The third-order valence-corrected chi connectivity index (χ3v) is 4.23. The highest BCUT2D eigenvalue weighted by atomic mass is 16.5. The second-order valence-corrected chi connectivity index (χ2v) is 5.93. The number of ether oxygens (including phenoxy) is 2. The minimum absolute atomic E-state index is 0.311. The summed E-state index contributed by atoms with van der Waals surface area (Å²) < 4.78 is 10.8. The van der Waals surface area contributed by atoms with Gasteiger partial charge in [-0.1, -0.05) is 29.8 Å². The molecule has 0 atom stereocenters. The van der Waals surface area contributed by atoms with E-state index >= 15 is 0 Å². The molecule has 5 nitrogen and oxygen atoms in total. The Hall–Kier alpha value is -3.52. The molecule has 1 aromatic heterocycles. The lowest BCUT2D eigenvalue weighted by Gasteiger charge is -2.12. The SMILES string of the molecule is COc1ccc(OC)c(-c2cc(-c3cccc(C)c3)c(C#N)c(N)[nH+]2)c1. The molecule has 0 amide bonds. The molecule has 0 spiro atoms. The summed E-state index contributed by atoms with van der Waals surface area (Å²) in [5.74, 6) is 1.70. The molecule has 0 unspecified atom stereocenters. The van der Waals surface area contributed by atoms with Crippen LogP contribution in [0.15, 0.2) is 48.5 Å². The van der Waals surface area contributed by atoms with Crippen LogP contribution in [-0.4, -0.2) is 14.2 Å². The van der Waals surface area contributed by atoms with Crippen LogP contribution in [0.4, 0.5) is 5.82 Å². The number of pyridine rings is 1. The summed E-state index contributed by atoms with van der Waals surface area (Å²) in [4.78, 5) is 3.11. The first-order valence-electron chi connectivity index (χ1n) is 8.12. The third-order valence-electron chi connectivity index (χ3n) is 4.23. The number of nitrogens with two attached hydrogens (primary N) is 1. The summed E-state index contributed by atoms with van der Waals surface area (Å²) in [6, 6.07) is 17.6. The number of anilines is 1. The van der Waals surface area contributed by atoms with E-state index in [1.54, 1.807) is 14.2 Å². The van der Waals surface area contributed by atoms with Crippen molar-refractivity contribution in [2.75, 3.05) is 20.0 Å². The van der Waals surface area contributed by atoms with Gasteiger partial charge in [-0.3, -0.25) is 5.73 Å². The van der Waals surface area contributed by atoms with Crippen molar-refractivity contribution in [3.05, 3.63) is 59.7 Å². The van der Waals surface area contributed by atoms with Crippen LogP contribution in [0.3, 0.4) is 0 Å². The van der Waals surface area contributed by atoms with Gasteiger partial charge in [0, 0.05) is 5.56 Å². The molecule has 3 rings (SSSR count). The number of nitriles is 1. The van der Waals surface area contributed by atoms with Gasteiger partial charge in [0.1, 0.15) is 28.8 Å². The number of hydrogen-bond acceptors (Lipinski definition) is 4. The van der Waals surface area contributed by atoms with Crippen molar-refractivity contribution in [2.24, 2.45) is 0 Å². The van der Waals surface area contributed by atoms with E-state index in [4.69, 9.17) is 15.2 Å². The highest BCUT2D eigenvalue weighted by Gasteiger charge is 2.19. The number of hydrogen-bond donors (Lipinski definition) is 1. The van der Waals surface area contributed by atoms with Gasteiger partial charge in [-0.2, -0.15) is 5.26 Å². The molecule has 0 bridgehead atoms. The fourth-order valence-corrected chi connectivity index (χ4v) is 2.94. The van der Waals surface area contributed by atoms with Crippen LogP contribution in [0, 0.1) is 18.3 Å². The minimum Gasteiger partial charge on any atom is -0.497 e. The Morgan fingerprint density at radius 1 is 1.00 bits per heavy atom. The average Bonchev–Trinajstić information content (AvgIpc) is 2.66. The fourth-order valence-electron chi connectivity index (χ4n) is 2.94. The van der Waals surface area contributed by atoms with Crippen molar-refractivity contribution in [1.82, 2.24) is 0 Å². The molecule has 3 aromatic rings. The van der Waals surface area contributed by atoms with Crippen molar-refractivity contribution in [1.29, 1.82) is 5.26 Å². The molecule has 5 heteroatoms. The first-order chi connectivity index (χ1) is 12.6. The van der Waals surface area contributed by atoms with Crippen LogP contribution in [0.5, 0.6) is 11.5 Å². The molecular formula is C21H20N3O2+. The summed E-state index contributed by atoms with van der Waals surface area (Å²) in [6.07, 6.45) is 0. The predicted molar refractivity (Wildman–Crippen MR) is 101 cm³/mol. The maximum atomic E-state index is 9.58. The second-order valence-electron chi connectivity index (χ2n) is 5.93. The zero-order valence-corrected chi connectivity index (χ0v) is 15.0. The Morgan fingerprint density at radius 3 is 2.46 bits per heavy atom. The monoisotopic (exact) mass is 346 g/mol. The van der Waals surface area contributed by atoms with E-state index in [1.165, 1.54) is 0 Å². The summed E-state index contributed by atoms with van der Waals surface area (Å²) in [5.41, 5.74) is 10.9. The Kier molecular flexibility index (Phi) is 4.76. The second kappa shape index (κ2) is 7.16. The lowest BCUT2D eigenvalue weighted by atomic mass is 9.97. The summed E-state index contributed by atoms with van der Waals surface area (Å²) in [6.45, 7) is 2.01. The van der Waals surface area contributed by atoms with Gasteiger partial charge in [-0.05, 0) is 36.8 Å². The average molecular weight is 346 g/mol. The summed E-state index contributed by atoms with van der Waals surface area (Å²) in [7, 11) is 3.22. The largest absolute Gasteiger partial charge is 0.497 e. The number of benzene rings is 2. The van der Waals surface area contributed by atoms with Gasteiger partial charge >= 0.3 is 0 Å². The number of nitrogen functional groups attached to an aromatic ring is 1. The fraction of sp³-hybridized carbons (Fsp3) is 0.143. The Morgan fingerprint density at radius 2 is 1.81 bits per heavy atom. The van der Waals surface area contributed by atoms with Crippen LogP contribution in [0.2, 0.25) is 0 Å². The van der Waals surface area contributed by atoms with Gasteiger partial charge in [-0.25, -0.2) is 4.98 Å². The number of rotatable bonds is 4. The molecular weight excluding hydrogens is 326 g/mol. The third kappa shape index (κ3) is 3.17. The predicted octanol–water partition coefficient (Wildman–Crippen LogP) is 3.61. The summed E-state index contributed by atoms with van der Waals surface area (Å²) >= 11 is 0. The molecule has 0 aliphatic carbocycles. The molecule has 0 radical (unpaired) electrons. The van der Waals surface area contributed by atoms with E-state index in [-0.39, 0.29) is 0 Å². The number of aryl methyl sites for hydroxylation is 1. The van der Waals surface area contributed by atoms with Crippen LogP contribution >= 0.6 is 0 Å². The van der Waals surface area contributed by atoms with Crippen LogP contribution in [0.25, 0.3) is 22.4 Å². The zero-order chi connectivity index (χ0) is 18.7. The zero-order valence-electron chi connectivity index (χ0n) is 15.0. The van der Waals surface area contributed by atoms with Gasteiger partial charge in [0.2, 0.25) is 0 Å². The Bertz CT molecular complexity index is 1010. The number of methoxy groups -OCH3 is 2. The van der Waals surface area contributed by atoms with Gasteiger partial charge in [0.25, 0.3) is 5.82 Å². The van der Waals surface area contributed by atoms with E-state index < -0.39 is 0 Å². The number of aromatic amines is 1. The first-order valence-corrected chi connectivity index (χ1v) is 8.12. The minimum atomic E-state index is 0.311. The quantitative estimate of drug-likeness (QED) is 0.782. The molecule has 26 heavy (non-hydrogen) atoms. The van der Waals surface area contributed by atoms with Gasteiger partial charge in [0.05, 0.1) is 19.8 Å². The molecule has 1 heterocycles. The van der Waals surface area contributed by atoms with Gasteiger partial charge in [-0.15, -0.1) is 0 Å². The topological polar surface area (TPSA) is 82.4 Å². The molecule has 0 aliphatic heterocycles. The lowest BCUT2D eigenvalue weighted by Crippen LogP contribution is -2.16. The molecule has 0 saturated carbocycles. The molecule has 3 N–H and O–H groups in total. The Balaban J connectivity index is 2.27. The van der Waals surface area contributed by atoms with Crippen molar-refractivity contribution < 1.29 is 14.5 Å². The standard InChI is InChI=1S/C21H19N3O2/c1-13-5-4-6-14(9-13)16-11-19(24-21(23)18(16)12-22)17-10-15(25-2)7-8-20(17)26-3/h4-11H,1-3H3,(H2,23,24)/p+1. The highest BCUT2D eigenvalue weighted by Crippen LogP contribution is 2.35. The van der Waals surface area contributed by atoms with Gasteiger partial charge < -0.3 is 9.47 Å². The van der Waals surface area contributed by atoms with Gasteiger partial charge in [0.15, 0.2) is 0 Å². The molecule has 0 fully saturated rings. The molecule has 2 aromatic carbocycles.